The Hall–Kier alpha value is -2.59. The second-order valence-corrected chi connectivity index (χ2v) is 5.67. The third-order valence-corrected chi connectivity index (χ3v) is 4.04. The summed E-state index contributed by atoms with van der Waals surface area (Å²) in [5.41, 5.74) is 2.14. The molecule has 2 aromatic rings. The summed E-state index contributed by atoms with van der Waals surface area (Å²) in [6.07, 6.45) is 5.23. The van der Waals surface area contributed by atoms with Crippen molar-refractivity contribution in [1.82, 2.24) is 20.6 Å². The molecule has 0 amide bonds. The summed E-state index contributed by atoms with van der Waals surface area (Å²) in [7, 11) is 0. The van der Waals surface area contributed by atoms with Gasteiger partial charge in [0.25, 0.3) is 0 Å². The summed E-state index contributed by atoms with van der Waals surface area (Å²) in [4.78, 5) is 2.31. The number of nitriles is 1. The van der Waals surface area contributed by atoms with E-state index in [2.05, 4.69) is 30.8 Å². The van der Waals surface area contributed by atoms with Crippen molar-refractivity contribution in [2.75, 3.05) is 23.3 Å². The number of aromatic amines is 1. The maximum atomic E-state index is 9.13. The van der Waals surface area contributed by atoms with Crippen molar-refractivity contribution in [1.29, 1.82) is 5.26 Å². The smallest absolute Gasteiger partial charge is 0.216 e. The molecule has 0 unspecified atom stereocenters. The molecular formula is C15H16ClN7. The lowest BCUT2D eigenvalue weighted by Crippen LogP contribution is -2.29. The van der Waals surface area contributed by atoms with Crippen LogP contribution in [0.1, 0.15) is 25.1 Å². The molecule has 0 saturated carbocycles. The van der Waals surface area contributed by atoms with E-state index in [0.29, 0.717) is 5.02 Å². The van der Waals surface area contributed by atoms with Gasteiger partial charge in [0.2, 0.25) is 5.82 Å². The summed E-state index contributed by atoms with van der Waals surface area (Å²) >= 11 is 6.40. The topological polar surface area (TPSA) is 93.5 Å². The Morgan fingerprint density at radius 3 is 2.83 bits per heavy atom. The Kier molecular flexibility index (Phi) is 4.74. The van der Waals surface area contributed by atoms with Gasteiger partial charge in [-0.3, -0.25) is 0 Å². The lowest BCUT2D eigenvalue weighted by Gasteiger charge is -2.29. The van der Waals surface area contributed by atoms with Gasteiger partial charge >= 0.3 is 0 Å². The van der Waals surface area contributed by atoms with Gasteiger partial charge in [-0.15, -0.1) is 10.2 Å². The van der Waals surface area contributed by atoms with Crippen LogP contribution in [0.4, 0.5) is 11.4 Å². The molecule has 1 aromatic heterocycles. The molecule has 0 radical (unpaired) electrons. The molecule has 1 fully saturated rings. The lowest BCUT2D eigenvalue weighted by atomic mass is 10.1. The van der Waals surface area contributed by atoms with E-state index in [9.17, 15) is 0 Å². The zero-order valence-electron chi connectivity index (χ0n) is 12.5. The highest BCUT2D eigenvalue weighted by Crippen LogP contribution is 2.30. The highest BCUT2D eigenvalue weighted by Gasteiger charge is 2.14. The van der Waals surface area contributed by atoms with Crippen molar-refractivity contribution in [3.8, 4) is 6.07 Å². The van der Waals surface area contributed by atoms with Gasteiger partial charge < -0.3 is 10.2 Å². The van der Waals surface area contributed by atoms with Crippen LogP contribution >= 0.6 is 11.6 Å². The van der Waals surface area contributed by atoms with Crippen LogP contribution in [0.25, 0.3) is 5.57 Å². The number of nitrogens with one attached hydrogen (secondary N) is 2. The Balaban J connectivity index is 1.74. The van der Waals surface area contributed by atoms with E-state index in [1.54, 1.807) is 0 Å². The number of halogens is 1. The molecular weight excluding hydrogens is 314 g/mol. The fourth-order valence-corrected chi connectivity index (χ4v) is 2.87. The molecule has 0 bridgehead atoms. The molecule has 0 aliphatic carbocycles. The minimum atomic E-state index is 0.246. The molecule has 2 heterocycles. The van der Waals surface area contributed by atoms with Crippen LogP contribution in [0.15, 0.2) is 24.4 Å². The van der Waals surface area contributed by atoms with Gasteiger partial charge in [-0.1, -0.05) is 11.6 Å². The third-order valence-electron chi connectivity index (χ3n) is 3.73. The van der Waals surface area contributed by atoms with Crippen molar-refractivity contribution in [3.05, 3.63) is 35.2 Å². The molecule has 1 aliphatic rings. The molecule has 118 valence electrons. The number of hydrogen-bond acceptors (Lipinski definition) is 6. The number of H-pyrrole nitrogens is 1. The summed E-state index contributed by atoms with van der Waals surface area (Å²) < 4.78 is 0. The van der Waals surface area contributed by atoms with Crippen LogP contribution in [0.5, 0.6) is 0 Å². The number of piperidine rings is 1. The van der Waals surface area contributed by atoms with Crippen molar-refractivity contribution < 1.29 is 0 Å². The van der Waals surface area contributed by atoms with Crippen molar-refractivity contribution in [3.63, 3.8) is 0 Å². The van der Waals surface area contributed by atoms with E-state index in [0.717, 1.165) is 24.5 Å². The van der Waals surface area contributed by atoms with Crippen molar-refractivity contribution >= 4 is 28.5 Å². The van der Waals surface area contributed by atoms with Crippen LogP contribution in [0, 0.1) is 11.3 Å². The molecule has 0 spiro atoms. The molecule has 3 rings (SSSR count). The van der Waals surface area contributed by atoms with Gasteiger partial charge in [-0.25, -0.2) is 0 Å². The zero-order valence-corrected chi connectivity index (χ0v) is 13.2. The number of anilines is 2. The Labute approximate surface area is 138 Å². The molecule has 1 aliphatic heterocycles. The monoisotopic (exact) mass is 329 g/mol. The SMILES string of the molecule is N#CC(=CNc1ccc(N2CCCCC2)c(Cl)c1)c1nn[nH]n1. The zero-order chi connectivity index (χ0) is 16.1. The largest absolute Gasteiger partial charge is 0.370 e. The van der Waals surface area contributed by atoms with E-state index in [1.165, 1.54) is 25.5 Å². The van der Waals surface area contributed by atoms with Crippen LogP contribution in [0.3, 0.4) is 0 Å². The average molecular weight is 330 g/mol. The fourth-order valence-electron chi connectivity index (χ4n) is 2.57. The van der Waals surface area contributed by atoms with E-state index in [1.807, 2.05) is 24.3 Å². The number of rotatable bonds is 4. The van der Waals surface area contributed by atoms with Crippen LogP contribution in [-0.4, -0.2) is 33.7 Å². The number of aromatic nitrogens is 4. The predicted molar refractivity (Wildman–Crippen MR) is 88.9 cm³/mol. The fraction of sp³-hybridized carbons (Fsp3) is 0.333. The van der Waals surface area contributed by atoms with Gasteiger partial charge in [-0.2, -0.15) is 10.5 Å². The van der Waals surface area contributed by atoms with Gasteiger partial charge in [-0.05, 0) is 42.7 Å². The van der Waals surface area contributed by atoms with Crippen LogP contribution in [0.2, 0.25) is 5.02 Å². The summed E-state index contributed by atoms with van der Waals surface area (Å²) in [6, 6.07) is 7.83. The van der Waals surface area contributed by atoms with E-state index in [4.69, 9.17) is 16.9 Å². The summed E-state index contributed by atoms with van der Waals surface area (Å²) in [5.74, 6) is 0.246. The van der Waals surface area contributed by atoms with Gasteiger partial charge in [0.05, 0.1) is 10.7 Å². The summed E-state index contributed by atoms with van der Waals surface area (Å²) in [6.45, 7) is 2.09. The number of hydrogen-bond donors (Lipinski definition) is 2. The van der Waals surface area contributed by atoms with E-state index >= 15 is 0 Å². The molecule has 2 N–H and O–H groups in total. The molecule has 7 nitrogen and oxygen atoms in total. The highest BCUT2D eigenvalue weighted by atomic mass is 35.5. The average Bonchev–Trinajstić information content (AvgIpc) is 3.11. The minimum absolute atomic E-state index is 0.246. The predicted octanol–water partition coefficient (Wildman–Crippen LogP) is 2.82. The second kappa shape index (κ2) is 7.11. The molecule has 1 aromatic carbocycles. The highest BCUT2D eigenvalue weighted by molar-refractivity contribution is 6.33. The maximum Gasteiger partial charge on any atom is 0.216 e. The molecule has 8 heteroatoms. The maximum absolute atomic E-state index is 9.13. The normalized spacial score (nSPS) is 15.3. The van der Waals surface area contributed by atoms with Gasteiger partial charge in [0.15, 0.2) is 0 Å². The lowest BCUT2D eigenvalue weighted by molar-refractivity contribution is 0.578. The van der Waals surface area contributed by atoms with E-state index in [-0.39, 0.29) is 11.4 Å². The van der Waals surface area contributed by atoms with Crippen LogP contribution in [-0.2, 0) is 0 Å². The van der Waals surface area contributed by atoms with Crippen molar-refractivity contribution in [2.24, 2.45) is 0 Å². The van der Waals surface area contributed by atoms with E-state index < -0.39 is 0 Å². The first-order chi connectivity index (χ1) is 11.3. The molecule has 23 heavy (non-hydrogen) atoms. The Morgan fingerprint density at radius 2 is 2.17 bits per heavy atom. The molecule has 1 saturated heterocycles. The first kappa shape index (κ1) is 15.3. The minimum Gasteiger partial charge on any atom is -0.370 e. The first-order valence-electron chi connectivity index (χ1n) is 7.43. The first-order valence-corrected chi connectivity index (χ1v) is 7.81. The molecule has 0 atom stereocenters. The number of benzene rings is 1. The standard InChI is InChI=1S/C15H16ClN7/c16-13-8-12(4-5-14(13)23-6-2-1-3-7-23)18-10-11(9-17)15-19-21-22-20-15/h4-5,8,10,18H,1-3,6-7H2,(H,19,20,21,22). The van der Waals surface area contributed by atoms with Crippen LogP contribution < -0.4 is 10.2 Å². The number of tetrazole rings is 1. The Morgan fingerprint density at radius 1 is 1.35 bits per heavy atom. The Bertz CT molecular complexity index is 727. The summed E-state index contributed by atoms with van der Waals surface area (Å²) in [5, 5.41) is 26.2. The van der Waals surface area contributed by atoms with Crippen molar-refractivity contribution in [2.45, 2.75) is 19.3 Å². The second-order valence-electron chi connectivity index (χ2n) is 5.26. The number of allylic oxidation sites excluding steroid dienone is 1. The van der Waals surface area contributed by atoms with Gasteiger partial charge in [0, 0.05) is 25.0 Å². The number of nitrogens with zero attached hydrogens (tertiary/aromatic N) is 5. The quantitative estimate of drug-likeness (QED) is 0.838. The van der Waals surface area contributed by atoms with Gasteiger partial charge in [0.1, 0.15) is 11.6 Å². The third kappa shape index (κ3) is 3.60.